The SMILES string of the molecule is CN1CC2C3C=CC(C3)C2[C@H]1C(=O)O. The maximum absolute atomic E-state index is 11.2. The van der Waals surface area contributed by atoms with Crippen molar-refractivity contribution in [2.45, 2.75) is 12.5 Å². The number of rotatable bonds is 1. The van der Waals surface area contributed by atoms with Gasteiger partial charge in [-0.3, -0.25) is 9.69 Å². The lowest BCUT2D eigenvalue weighted by molar-refractivity contribution is -0.143. The number of carboxylic acid groups (broad SMARTS) is 1. The van der Waals surface area contributed by atoms with E-state index in [9.17, 15) is 9.90 Å². The van der Waals surface area contributed by atoms with Crippen LogP contribution in [0.25, 0.3) is 0 Å². The normalized spacial score (nSPS) is 49.9. The van der Waals surface area contributed by atoms with E-state index in [1.54, 1.807) is 0 Å². The summed E-state index contributed by atoms with van der Waals surface area (Å²) in [6.07, 6.45) is 5.73. The number of likely N-dealkylation sites (tertiary alicyclic amines) is 1. The number of nitrogens with zero attached hydrogens (tertiary/aromatic N) is 1. The van der Waals surface area contributed by atoms with Gasteiger partial charge in [0.25, 0.3) is 0 Å². The molecular formula is C11H15NO2. The molecule has 3 heteroatoms. The highest BCUT2D eigenvalue weighted by atomic mass is 16.4. The smallest absolute Gasteiger partial charge is 0.321 e. The van der Waals surface area contributed by atoms with Gasteiger partial charge in [-0.1, -0.05) is 12.2 Å². The van der Waals surface area contributed by atoms with E-state index < -0.39 is 5.97 Å². The molecule has 1 aliphatic heterocycles. The van der Waals surface area contributed by atoms with Gasteiger partial charge in [-0.25, -0.2) is 0 Å². The molecule has 1 saturated heterocycles. The Morgan fingerprint density at radius 2 is 2.14 bits per heavy atom. The predicted octanol–water partition coefficient (Wildman–Crippen LogP) is 0.823. The molecule has 0 radical (unpaired) electrons. The van der Waals surface area contributed by atoms with Crippen LogP contribution < -0.4 is 0 Å². The van der Waals surface area contributed by atoms with Crippen LogP contribution in [0.3, 0.4) is 0 Å². The molecule has 2 aliphatic carbocycles. The Bertz CT molecular complexity index is 312. The molecule has 3 aliphatic rings. The zero-order valence-electron chi connectivity index (χ0n) is 8.26. The molecule has 3 nitrogen and oxygen atoms in total. The number of carboxylic acids is 1. The zero-order valence-corrected chi connectivity index (χ0v) is 8.26. The summed E-state index contributed by atoms with van der Waals surface area (Å²) in [6.45, 7) is 0.965. The molecule has 1 N–H and O–H groups in total. The van der Waals surface area contributed by atoms with Crippen molar-refractivity contribution >= 4 is 5.97 Å². The number of allylic oxidation sites excluding steroid dienone is 2. The van der Waals surface area contributed by atoms with E-state index in [0.717, 1.165) is 6.54 Å². The van der Waals surface area contributed by atoms with Gasteiger partial charge in [-0.05, 0) is 37.1 Å². The third-order valence-corrected chi connectivity index (χ3v) is 4.28. The number of carbonyl (C=O) groups is 1. The topological polar surface area (TPSA) is 40.5 Å². The Balaban J connectivity index is 1.94. The first-order chi connectivity index (χ1) is 6.68. The van der Waals surface area contributed by atoms with Crippen LogP contribution in [0.5, 0.6) is 0 Å². The van der Waals surface area contributed by atoms with Gasteiger partial charge in [-0.15, -0.1) is 0 Å². The molecule has 76 valence electrons. The minimum Gasteiger partial charge on any atom is -0.480 e. The third-order valence-electron chi connectivity index (χ3n) is 4.28. The van der Waals surface area contributed by atoms with Gasteiger partial charge in [0.05, 0.1) is 0 Å². The van der Waals surface area contributed by atoms with Crippen molar-refractivity contribution in [3.8, 4) is 0 Å². The molecule has 2 bridgehead atoms. The van der Waals surface area contributed by atoms with Crippen molar-refractivity contribution in [3.63, 3.8) is 0 Å². The van der Waals surface area contributed by atoms with Gasteiger partial charge in [0.2, 0.25) is 0 Å². The van der Waals surface area contributed by atoms with E-state index in [1.165, 1.54) is 6.42 Å². The van der Waals surface area contributed by atoms with Crippen LogP contribution in [0.15, 0.2) is 12.2 Å². The molecule has 14 heavy (non-hydrogen) atoms. The minimum absolute atomic E-state index is 0.236. The van der Waals surface area contributed by atoms with Gasteiger partial charge in [-0.2, -0.15) is 0 Å². The highest BCUT2D eigenvalue weighted by Gasteiger charge is 2.55. The summed E-state index contributed by atoms with van der Waals surface area (Å²) < 4.78 is 0. The number of likely N-dealkylation sites (N-methyl/N-ethyl adjacent to an activating group) is 1. The minimum atomic E-state index is -0.638. The van der Waals surface area contributed by atoms with Crippen molar-refractivity contribution in [2.24, 2.45) is 23.7 Å². The summed E-state index contributed by atoms with van der Waals surface area (Å²) in [7, 11) is 1.94. The summed E-state index contributed by atoms with van der Waals surface area (Å²) in [6, 6.07) is -0.236. The van der Waals surface area contributed by atoms with E-state index in [2.05, 4.69) is 12.2 Å². The molecule has 1 saturated carbocycles. The first-order valence-corrected chi connectivity index (χ1v) is 5.30. The lowest BCUT2D eigenvalue weighted by Crippen LogP contribution is -2.38. The molecule has 0 amide bonds. The number of fused-ring (bicyclic) bond motifs is 5. The van der Waals surface area contributed by atoms with Crippen molar-refractivity contribution in [1.82, 2.24) is 4.90 Å². The summed E-state index contributed by atoms with van der Waals surface area (Å²) in [4.78, 5) is 13.2. The molecule has 3 rings (SSSR count). The quantitative estimate of drug-likeness (QED) is 0.627. The zero-order chi connectivity index (χ0) is 9.87. The monoisotopic (exact) mass is 193 g/mol. The fourth-order valence-electron chi connectivity index (χ4n) is 3.78. The maximum atomic E-state index is 11.2. The Labute approximate surface area is 83.4 Å². The molecule has 4 unspecified atom stereocenters. The van der Waals surface area contributed by atoms with Crippen LogP contribution in [-0.4, -0.2) is 35.6 Å². The Hall–Kier alpha value is -0.830. The lowest BCUT2D eigenvalue weighted by Gasteiger charge is -2.23. The van der Waals surface area contributed by atoms with Gasteiger partial charge >= 0.3 is 5.97 Å². The highest BCUT2D eigenvalue weighted by Crippen LogP contribution is 2.53. The summed E-state index contributed by atoms with van der Waals surface area (Å²) in [5.41, 5.74) is 0. The van der Waals surface area contributed by atoms with Gasteiger partial charge in [0.15, 0.2) is 0 Å². The largest absolute Gasteiger partial charge is 0.480 e. The average Bonchev–Trinajstić information content (AvgIpc) is 2.70. The Morgan fingerprint density at radius 1 is 1.43 bits per heavy atom. The first-order valence-electron chi connectivity index (χ1n) is 5.30. The van der Waals surface area contributed by atoms with Gasteiger partial charge in [0, 0.05) is 6.54 Å². The fraction of sp³-hybridized carbons (Fsp3) is 0.727. The van der Waals surface area contributed by atoms with Crippen LogP contribution in [0.4, 0.5) is 0 Å². The molecule has 1 heterocycles. The van der Waals surface area contributed by atoms with E-state index in [0.29, 0.717) is 23.7 Å². The van der Waals surface area contributed by atoms with E-state index in [-0.39, 0.29) is 6.04 Å². The second kappa shape index (κ2) is 2.60. The Morgan fingerprint density at radius 3 is 2.86 bits per heavy atom. The van der Waals surface area contributed by atoms with E-state index >= 15 is 0 Å². The van der Waals surface area contributed by atoms with Crippen LogP contribution in [-0.2, 0) is 4.79 Å². The number of aliphatic carboxylic acids is 1. The summed E-state index contributed by atoms with van der Waals surface area (Å²) >= 11 is 0. The van der Waals surface area contributed by atoms with Crippen LogP contribution >= 0.6 is 0 Å². The van der Waals surface area contributed by atoms with Crippen LogP contribution in [0.2, 0.25) is 0 Å². The van der Waals surface area contributed by atoms with Crippen LogP contribution in [0.1, 0.15) is 6.42 Å². The highest BCUT2D eigenvalue weighted by molar-refractivity contribution is 5.74. The summed E-state index contributed by atoms with van der Waals surface area (Å²) in [5.74, 6) is 1.55. The van der Waals surface area contributed by atoms with Gasteiger partial charge < -0.3 is 5.11 Å². The van der Waals surface area contributed by atoms with Crippen molar-refractivity contribution in [2.75, 3.05) is 13.6 Å². The molecule has 0 aromatic heterocycles. The second-order valence-corrected chi connectivity index (χ2v) is 4.91. The first kappa shape index (κ1) is 8.48. The molecule has 0 aromatic rings. The molecule has 0 spiro atoms. The van der Waals surface area contributed by atoms with Crippen LogP contribution in [0, 0.1) is 23.7 Å². The van der Waals surface area contributed by atoms with Gasteiger partial charge in [0.1, 0.15) is 6.04 Å². The van der Waals surface area contributed by atoms with Crippen molar-refractivity contribution in [1.29, 1.82) is 0 Å². The third kappa shape index (κ3) is 0.883. The lowest BCUT2D eigenvalue weighted by atomic mass is 9.82. The summed E-state index contributed by atoms with van der Waals surface area (Å²) in [5, 5.41) is 9.19. The Kier molecular flexibility index (Phi) is 1.57. The molecular weight excluding hydrogens is 178 g/mol. The standard InChI is InChI=1S/C11H15NO2/c1-12-5-8-6-2-3-7(4-6)9(8)10(12)11(13)14/h2-3,6-10H,4-5H2,1H3,(H,13,14)/t6?,7?,8?,9?,10-/m0/s1. The molecule has 0 aromatic carbocycles. The fourth-order valence-corrected chi connectivity index (χ4v) is 3.78. The molecule has 5 atom stereocenters. The van der Waals surface area contributed by atoms with Crippen molar-refractivity contribution in [3.05, 3.63) is 12.2 Å². The predicted molar refractivity (Wildman–Crippen MR) is 51.8 cm³/mol. The van der Waals surface area contributed by atoms with Crippen molar-refractivity contribution < 1.29 is 9.90 Å². The maximum Gasteiger partial charge on any atom is 0.321 e. The van der Waals surface area contributed by atoms with E-state index in [1.807, 2.05) is 11.9 Å². The second-order valence-electron chi connectivity index (χ2n) is 4.91. The molecule has 2 fully saturated rings. The van der Waals surface area contributed by atoms with E-state index in [4.69, 9.17) is 0 Å². The number of hydrogen-bond acceptors (Lipinski definition) is 2. The number of hydrogen-bond donors (Lipinski definition) is 1. The average molecular weight is 193 g/mol.